The normalized spacial score (nSPS) is 11.5. The molecule has 4 nitrogen and oxygen atoms in total. The van der Waals surface area contributed by atoms with Crippen molar-refractivity contribution < 1.29 is 8.42 Å². The van der Waals surface area contributed by atoms with Gasteiger partial charge in [-0.25, -0.2) is 8.42 Å². The van der Waals surface area contributed by atoms with Crippen LogP contribution in [0.3, 0.4) is 0 Å². The van der Waals surface area contributed by atoms with Crippen LogP contribution in [0.1, 0.15) is 13.3 Å². The van der Waals surface area contributed by atoms with Gasteiger partial charge in [-0.15, -0.1) is 0 Å². The molecule has 0 spiro atoms. The third kappa shape index (κ3) is 5.26. The fourth-order valence-corrected chi connectivity index (χ4v) is 3.98. The van der Waals surface area contributed by atoms with Crippen molar-refractivity contribution in [3.05, 3.63) is 27.1 Å². The van der Waals surface area contributed by atoms with E-state index in [2.05, 4.69) is 41.9 Å². The Balaban J connectivity index is 2.65. The Morgan fingerprint density at radius 2 is 1.83 bits per heavy atom. The summed E-state index contributed by atoms with van der Waals surface area (Å²) < 4.78 is 27.8. The monoisotopic (exact) mass is 398 g/mol. The van der Waals surface area contributed by atoms with Gasteiger partial charge < -0.3 is 5.32 Å². The van der Waals surface area contributed by atoms with E-state index in [1.54, 1.807) is 12.1 Å². The Labute approximate surface area is 125 Å². The molecule has 0 fully saturated rings. The molecule has 0 aliphatic rings. The second kappa shape index (κ2) is 7.47. The van der Waals surface area contributed by atoms with Gasteiger partial charge in [-0.05, 0) is 63.5 Å². The highest BCUT2D eigenvalue weighted by atomic mass is 79.9. The highest BCUT2D eigenvalue weighted by Gasteiger charge is 2.14. The third-order valence-electron chi connectivity index (χ3n) is 2.24. The molecule has 0 unspecified atom stereocenters. The number of sulfonamides is 1. The van der Waals surface area contributed by atoms with Gasteiger partial charge in [0, 0.05) is 8.95 Å². The summed E-state index contributed by atoms with van der Waals surface area (Å²) >= 11 is 6.65. The summed E-state index contributed by atoms with van der Waals surface area (Å²) in [6.45, 7) is 3.54. The fraction of sp³-hybridized carbons (Fsp3) is 0.455. The average molecular weight is 400 g/mol. The van der Waals surface area contributed by atoms with Crippen LogP contribution in [0.4, 0.5) is 5.69 Å². The summed E-state index contributed by atoms with van der Waals surface area (Å²) in [6, 6.07) is 5.42. The van der Waals surface area contributed by atoms with Gasteiger partial charge in [-0.1, -0.05) is 13.0 Å². The van der Waals surface area contributed by atoms with E-state index >= 15 is 0 Å². The van der Waals surface area contributed by atoms with Crippen LogP contribution >= 0.6 is 31.9 Å². The smallest absolute Gasteiger partial charge is 0.232 e. The largest absolute Gasteiger partial charge is 0.317 e. The van der Waals surface area contributed by atoms with E-state index < -0.39 is 10.0 Å². The Bertz CT molecular complexity index is 472. The molecule has 0 aliphatic heterocycles. The summed E-state index contributed by atoms with van der Waals surface area (Å²) in [7, 11) is -3.31. The van der Waals surface area contributed by atoms with E-state index in [1.807, 2.05) is 13.0 Å². The number of benzene rings is 1. The van der Waals surface area contributed by atoms with Crippen LogP contribution in [-0.2, 0) is 10.0 Å². The van der Waals surface area contributed by atoms with Gasteiger partial charge in [0.05, 0.1) is 11.4 Å². The summed E-state index contributed by atoms with van der Waals surface area (Å²) in [5.41, 5.74) is 0.543. The molecule has 0 atom stereocenters. The van der Waals surface area contributed by atoms with Crippen molar-refractivity contribution in [1.82, 2.24) is 5.32 Å². The first-order chi connectivity index (χ1) is 8.46. The van der Waals surface area contributed by atoms with Crippen molar-refractivity contribution in [1.29, 1.82) is 0 Å². The van der Waals surface area contributed by atoms with E-state index in [4.69, 9.17) is 0 Å². The average Bonchev–Trinajstić information content (AvgIpc) is 2.30. The maximum atomic E-state index is 11.9. The second-order valence-corrected chi connectivity index (χ2v) is 7.28. The molecule has 1 aromatic rings. The Morgan fingerprint density at radius 3 is 2.39 bits per heavy atom. The number of rotatable bonds is 7. The van der Waals surface area contributed by atoms with Crippen molar-refractivity contribution in [3.8, 4) is 0 Å². The van der Waals surface area contributed by atoms with E-state index in [0.29, 0.717) is 27.6 Å². The number of halogens is 2. The van der Waals surface area contributed by atoms with Crippen LogP contribution in [0.25, 0.3) is 0 Å². The van der Waals surface area contributed by atoms with E-state index in [1.165, 1.54) is 0 Å². The molecule has 18 heavy (non-hydrogen) atoms. The SMILES string of the molecule is CCNCCCS(=O)(=O)Nc1c(Br)cccc1Br. The van der Waals surface area contributed by atoms with E-state index in [-0.39, 0.29) is 5.75 Å². The Kier molecular flexibility index (Phi) is 6.62. The van der Waals surface area contributed by atoms with E-state index in [9.17, 15) is 8.42 Å². The van der Waals surface area contributed by atoms with Crippen molar-refractivity contribution in [3.63, 3.8) is 0 Å². The molecule has 0 saturated carbocycles. The first-order valence-electron chi connectivity index (χ1n) is 5.61. The molecule has 7 heteroatoms. The standard InChI is InChI=1S/C11H16Br2N2O2S/c1-2-14-7-4-8-18(16,17)15-11-9(12)5-3-6-10(11)13/h3,5-6,14-15H,2,4,7-8H2,1H3. The van der Waals surface area contributed by atoms with Gasteiger partial charge in [-0.2, -0.15) is 0 Å². The highest BCUT2D eigenvalue weighted by molar-refractivity contribution is 9.11. The van der Waals surface area contributed by atoms with Crippen molar-refractivity contribution >= 4 is 47.6 Å². The molecule has 2 N–H and O–H groups in total. The predicted molar refractivity (Wildman–Crippen MR) is 82.4 cm³/mol. The lowest BCUT2D eigenvalue weighted by Crippen LogP contribution is -2.22. The zero-order valence-corrected chi connectivity index (χ0v) is 14.0. The van der Waals surface area contributed by atoms with Gasteiger partial charge in [0.15, 0.2) is 0 Å². The first kappa shape index (κ1) is 15.9. The van der Waals surface area contributed by atoms with Crippen LogP contribution in [0.5, 0.6) is 0 Å². The minimum atomic E-state index is -3.31. The molecule has 102 valence electrons. The van der Waals surface area contributed by atoms with Gasteiger partial charge in [0.1, 0.15) is 0 Å². The van der Waals surface area contributed by atoms with Crippen molar-refractivity contribution in [2.75, 3.05) is 23.6 Å². The zero-order valence-electron chi connectivity index (χ0n) is 10.0. The fourth-order valence-electron chi connectivity index (χ4n) is 1.37. The van der Waals surface area contributed by atoms with Gasteiger partial charge in [-0.3, -0.25) is 4.72 Å². The van der Waals surface area contributed by atoms with E-state index in [0.717, 1.165) is 6.54 Å². The minimum Gasteiger partial charge on any atom is -0.317 e. The minimum absolute atomic E-state index is 0.105. The van der Waals surface area contributed by atoms with Crippen molar-refractivity contribution in [2.24, 2.45) is 0 Å². The third-order valence-corrected chi connectivity index (χ3v) is 4.90. The Hall–Kier alpha value is -0.110. The number of para-hydroxylation sites is 1. The molecule has 0 saturated heterocycles. The molecule has 0 radical (unpaired) electrons. The lowest BCUT2D eigenvalue weighted by atomic mass is 10.3. The molecule has 0 aliphatic carbocycles. The summed E-state index contributed by atoms with van der Waals surface area (Å²) in [5.74, 6) is 0.105. The number of anilines is 1. The molecule has 0 bridgehead atoms. The van der Waals surface area contributed by atoms with Gasteiger partial charge in [0.2, 0.25) is 10.0 Å². The van der Waals surface area contributed by atoms with Crippen LogP contribution in [0.2, 0.25) is 0 Å². The van der Waals surface area contributed by atoms with Gasteiger partial charge in [0.25, 0.3) is 0 Å². The molecule has 0 amide bonds. The molecule has 1 aromatic carbocycles. The molecular formula is C11H16Br2N2O2S. The summed E-state index contributed by atoms with van der Waals surface area (Å²) in [6.07, 6.45) is 0.589. The molecule has 1 rings (SSSR count). The number of hydrogen-bond acceptors (Lipinski definition) is 3. The summed E-state index contributed by atoms with van der Waals surface area (Å²) in [4.78, 5) is 0. The van der Waals surface area contributed by atoms with Crippen LogP contribution in [0, 0.1) is 0 Å². The van der Waals surface area contributed by atoms with Gasteiger partial charge >= 0.3 is 0 Å². The number of nitrogens with one attached hydrogen (secondary N) is 2. The molecule has 0 heterocycles. The highest BCUT2D eigenvalue weighted by Crippen LogP contribution is 2.31. The van der Waals surface area contributed by atoms with Crippen LogP contribution < -0.4 is 10.0 Å². The Morgan fingerprint density at radius 1 is 1.22 bits per heavy atom. The predicted octanol–water partition coefficient (Wildman–Crippen LogP) is 2.95. The van der Waals surface area contributed by atoms with Crippen LogP contribution in [0.15, 0.2) is 27.1 Å². The zero-order chi connectivity index (χ0) is 13.6. The maximum Gasteiger partial charge on any atom is 0.232 e. The molecular weight excluding hydrogens is 384 g/mol. The lowest BCUT2D eigenvalue weighted by molar-refractivity contribution is 0.595. The number of hydrogen-bond donors (Lipinski definition) is 2. The second-order valence-electron chi connectivity index (χ2n) is 3.72. The summed E-state index contributed by atoms with van der Waals surface area (Å²) in [5, 5.41) is 3.10. The maximum absolute atomic E-state index is 11.9. The first-order valence-corrected chi connectivity index (χ1v) is 8.85. The quantitative estimate of drug-likeness (QED) is 0.693. The lowest BCUT2D eigenvalue weighted by Gasteiger charge is -2.11. The topological polar surface area (TPSA) is 58.2 Å². The van der Waals surface area contributed by atoms with Crippen molar-refractivity contribution in [2.45, 2.75) is 13.3 Å². The molecule has 0 aromatic heterocycles. The van der Waals surface area contributed by atoms with Crippen LogP contribution in [-0.4, -0.2) is 27.3 Å².